The summed E-state index contributed by atoms with van der Waals surface area (Å²) in [5.41, 5.74) is 1.41. The Labute approximate surface area is 165 Å². The molecular weight excluding hydrogens is 382 g/mol. The summed E-state index contributed by atoms with van der Waals surface area (Å²) in [5, 5.41) is 9.76. The predicted molar refractivity (Wildman–Crippen MR) is 104 cm³/mol. The number of amides is 1. The van der Waals surface area contributed by atoms with Crippen molar-refractivity contribution in [2.24, 2.45) is 0 Å². The van der Waals surface area contributed by atoms with Crippen molar-refractivity contribution in [1.82, 2.24) is 10.3 Å². The third kappa shape index (κ3) is 5.46. The van der Waals surface area contributed by atoms with Crippen molar-refractivity contribution in [3.05, 3.63) is 53.9 Å². The van der Waals surface area contributed by atoms with E-state index >= 15 is 0 Å². The number of carbonyl (C=O) groups excluding carboxylic acids is 2. The van der Waals surface area contributed by atoms with Gasteiger partial charge in [0.05, 0.1) is 11.0 Å². The van der Waals surface area contributed by atoms with Gasteiger partial charge in [0.15, 0.2) is 11.6 Å². The third-order valence-corrected chi connectivity index (χ3v) is 4.81. The number of rotatable bonds is 8. The number of esters is 1. The molecular formula is C19H19N3O5S. The molecule has 3 rings (SSSR count). The summed E-state index contributed by atoms with van der Waals surface area (Å²) in [6.45, 7) is 3.44. The summed E-state index contributed by atoms with van der Waals surface area (Å²) in [5.74, 6) is 0.881. The van der Waals surface area contributed by atoms with Crippen molar-refractivity contribution in [3.63, 3.8) is 0 Å². The van der Waals surface area contributed by atoms with E-state index in [1.165, 1.54) is 11.8 Å². The Bertz CT molecular complexity index is 938. The van der Waals surface area contributed by atoms with Gasteiger partial charge in [0.25, 0.3) is 0 Å². The molecule has 146 valence electrons. The number of hydrogen-bond donors (Lipinski definition) is 1. The molecule has 0 radical (unpaired) electrons. The molecule has 0 aliphatic carbocycles. The van der Waals surface area contributed by atoms with E-state index in [0.717, 1.165) is 5.56 Å². The van der Waals surface area contributed by atoms with Crippen molar-refractivity contribution in [2.45, 2.75) is 25.7 Å². The zero-order chi connectivity index (χ0) is 19.9. The van der Waals surface area contributed by atoms with Crippen molar-refractivity contribution in [3.8, 4) is 11.3 Å². The monoisotopic (exact) mass is 401 g/mol. The minimum absolute atomic E-state index is 0.00845. The second-order valence-electron chi connectivity index (χ2n) is 5.97. The number of nitrogens with one attached hydrogen (secondary N) is 1. The molecule has 0 aliphatic heterocycles. The van der Waals surface area contributed by atoms with Gasteiger partial charge in [-0.3, -0.25) is 9.59 Å². The maximum Gasteiger partial charge on any atom is 0.316 e. The first-order valence-electron chi connectivity index (χ1n) is 8.53. The minimum Gasteiger partial charge on any atom is -0.458 e. The number of carbonyl (C=O) groups is 2. The molecule has 0 bridgehead atoms. The smallest absolute Gasteiger partial charge is 0.316 e. The zero-order valence-corrected chi connectivity index (χ0v) is 16.2. The lowest BCUT2D eigenvalue weighted by molar-refractivity contribution is -0.141. The molecule has 0 spiro atoms. The van der Waals surface area contributed by atoms with Gasteiger partial charge < -0.3 is 19.1 Å². The highest BCUT2D eigenvalue weighted by Crippen LogP contribution is 2.20. The molecule has 9 heteroatoms. The topological polar surface area (TPSA) is 107 Å². The number of nitrogens with zero attached hydrogens (tertiary/aromatic N) is 2. The van der Waals surface area contributed by atoms with Crippen LogP contribution in [0.1, 0.15) is 18.4 Å². The van der Waals surface area contributed by atoms with Gasteiger partial charge in [-0.2, -0.15) is 0 Å². The average molecular weight is 401 g/mol. The summed E-state index contributed by atoms with van der Waals surface area (Å²) in [4.78, 5) is 24.0. The number of aryl methyl sites for hydroxylation is 1. The molecule has 3 aromatic rings. The molecule has 1 atom stereocenters. The fraction of sp³-hybridized carbons (Fsp3) is 0.263. The Morgan fingerprint density at radius 1 is 1.18 bits per heavy atom. The van der Waals surface area contributed by atoms with Crippen LogP contribution in [0.5, 0.6) is 0 Å². The molecule has 1 aromatic carbocycles. The maximum absolute atomic E-state index is 12.1. The van der Waals surface area contributed by atoms with Crippen LogP contribution in [0.2, 0.25) is 0 Å². The highest BCUT2D eigenvalue weighted by Gasteiger charge is 2.17. The summed E-state index contributed by atoms with van der Waals surface area (Å²) < 4.78 is 15.3. The molecule has 2 aromatic heterocycles. The first kappa shape index (κ1) is 19.7. The average Bonchev–Trinajstić information content (AvgIpc) is 3.34. The third-order valence-electron chi connectivity index (χ3n) is 3.70. The second kappa shape index (κ2) is 9.23. The Morgan fingerprint density at radius 2 is 1.96 bits per heavy atom. The van der Waals surface area contributed by atoms with Gasteiger partial charge in [-0.1, -0.05) is 40.6 Å². The number of ether oxygens (including phenoxy) is 1. The first-order chi connectivity index (χ1) is 13.5. The van der Waals surface area contributed by atoms with Gasteiger partial charge in [0.1, 0.15) is 18.1 Å². The standard InChI is InChI=1S/C19H19N3O5S/c1-12-8-17(22-26-12)20-19(24)13(2)28-11-18(23)25-10-15-9-16(27-21-15)14-6-4-3-5-7-14/h3-9,13H,10-11H2,1-2H3,(H,20,22,24)/t13-/m1/s1. The lowest BCUT2D eigenvalue weighted by Crippen LogP contribution is -2.24. The fourth-order valence-electron chi connectivity index (χ4n) is 2.24. The summed E-state index contributed by atoms with van der Waals surface area (Å²) >= 11 is 1.17. The van der Waals surface area contributed by atoms with Gasteiger partial charge in [0, 0.05) is 17.7 Å². The van der Waals surface area contributed by atoms with Crippen molar-refractivity contribution >= 4 is 29.5 Å². The van der Waals surface area contributed by atoms with Gasteiger partial charge in [-0.15, -0.1) is 11.8 Å². The van der Waals surface area contributed by atoms with Gasteiger partial charge in [0.2, 0.25) is 5.91 Å². The molecule has 0 unspecified atom stereocenters. The minimum atomic E-state index is -0.457. The van der Waals surface area contributed by atoms with Crippen LogP contribution in [0.25, 0.3) is 11.3 Å². The van der Waals surface area contributed by atoms with E-state index in [2.05, 4.69) is 15.6 Å². The van der Waals surface area contributed by atoms with Gasteiger partial charge in [-0.25, -0.2) is 0 Å². The number of anilines is 1. The van der Waals surface area contributed by atoms with E-state index in [4.69, 9.17) is 13.8 Å². The normalized spacial score (nSPS) is 11.8. The summed E-state index contributed by atoms with van der Waals surface area (Å²) in [7, 11) is 0. The summed E-state index contributed by atoms with van der Waals surface area (Å²) in [6.07, 6.45) is 0. The highest BCUT2D eigenvalue weighted by molar-refractivity contribution is 8.01. The Kier molecular flexibility index (Phi) is 6.49. The molecule has 0 saturated carbocycles. The molecule has 0 fully saturated rings. The van der Waals surface area contributed by atoms with E-state index in [1.807, 2.05) is 30.3 Å². The lowest BCUT2D eigenvalue weighted by atomic mass is 10.2. The van der Waals surface area contributed by atoms with Crippen molar-refractivity contribution in [1.29, 1.82) is 0 Å². The maximum atomic E-state index is 12.1. The van der Waals surface area contributed by atoms with Crippen LogP contribution in [0.15, 0.2) is 51.5 Å². The fourth-order valence-corrected chi connectivity index (χ4v) is 2.92. The van der Waals surface area contributed by atoms with Crippen LogP contribution in [-0.2, 0) is 20.9 Å². The van der Waals surface area contributed by atoms with Crippen molar-refractivity contribution in [2.75, 3.05) is 11.1 Å². The number of thioether (sulfide) groups is 1. The zero-order valence-electron chi connectivity index (χ0n) is 15.4. The molecule has 0 saturated heterocycles. The molecule has 28 heavy (non-hydrogen) atoms. The second-order valence-corrected chi connectivity index (χ2v) is 7.30. The Morgan fingerprint density at radius 3 is 2.68 bits per heavy atom. The van der Waals surface area contributed by atoms with E-state index in [1.54, 1.807) is 26.0 Å². The number of benzene rings is 1. The van der Waals surface area contributed by atoms with Crippen LogP contribution < -0.4 is 5.32 Å². The van der Waals surface area contributed by atoms with Crippen molar-refractivity contribution < 1.29 is 23.4 Å². The molecule has 8 nitrogen and oxygen atoms in total. The number of hydrogen-bond acceptors (Lipinski definition) is 8. The van der Waals surface area contributed by atoms with E-state index in [0.29, 0.717) is 23.0 Å². The van der Waals surface area contributed by atoms with Gasteiger partial charge >= 0.3 is 5.97 Å². The van der Waals surface area contributed by atoms with Gasteiger partial charge in [-0.05, 0) is 13.8 Å². The SMILES string of the molecule is Cc1cc(NC(=O)[C@@H](C)SCC(=O)OCc2cc(-c3ccccc3)on2)no1. The quantitative estimate of drug-likeness (QED) is 0.572. The first-order valence-corrected chi connectivity index (χ1v) is 9.58. The van der Waals surface area contributed by atoms with E-state index in [9.17, 15) is 9.59 Å². The summed E-state index contributed by atoms with van der Waals surface area (Å²) in [6, 6.07) is 12.9. The van der Waals surface area contributed by atoms with Crippen LogP contribution in [0.4, 0.5) is 5.82 Å². The number of aromatic nitrogens is 2. The Hall–Kier alpha value is -3.07. The molecule has 1 amide bonds. The van der Waals surface area contributed by atoms with E-state index < -0.39 is 11.2 Å². The molecule has 2 heterocycles. The predicted octanol–water partition coefficient (Wildman–Crippen LogP) is 3.44. The van der Waals surface area contributed by atoms with E-state index in [-0.39, 0.29) is 18.3 Å². The van der Waals surface area contributed by atoms with Crippen LogP contribution >= 0.6 is 11.8 Å². The Balaban J connectivity index is 1.41. The lowest BCUT2D eigenvalue weighted by Gasteiger charge is -2.09. The molecule has 0 aliphatic rings. The van der Waals surface area contributed by atoms with Crippen LogP contribution in [0.3, 0.4) is 0 Å². The van der Waals surface area contributed by atoms with Crippen LogP contribution in [-0.4, -0.2) is 33.2 Å². The molecule has 1 N–H and O–H groups in total. The largest absolute Gasteiger partial charge is 0.458 e. The highest BCUT2D eigenvalue weighted by atomic mass is 32.2. The van der Waals surface area contributed by atoms with Crippen LogP contribution in [0, 0.1) is 6.92 Å².